The van der Waals surface area contributed by atoms with Gasteiger partial charge < -0.3 is 14.2 Å². The molecular formula is C13H16O3. The molecule has 0 aromatic rings. The van der Waals surface area contributed by atoms with Crippen LogP contribution in [-0.4, -0.2) is 26.3 Å². The van der Waals surface area contributed by atoms with Crippen molar-refractivity contribution in [3.63, 3.8) is 0 Å². The average molecular weight is 220 g/mol. The molecule has 0 radical (unpaired) electrons. The summed E-state index contributed by atoms with van der Waals surface area (Å²) in [5.74, 6) is -1.01. The van der Waals surface area contributed by atoms with Gasteiger partial charge >= 0.3 is 0 Å². The molecule has 1 saturated heterocycles. The maximum absolute atomic E-state index is 5.57. The van der Waals surface area contributed by atoms with Crippen LogP contribution in [0.4, 0.5) is 0 Å². The molecule has 16 heavy (non-hydrogen) atoms. The van der Waals surface area contributed by atoms with Crippen LogP contribution in [0.2, 0.25) is 0 Å². The summed E-state index contributed by atoms with van der Waals surface area (Å²) in [6.07, 6.45) is 15.8. The Kier molecular flexibility index (Phi) is 3.72. The molecule has 2 aliphatic rings. The SMILES string of the molecule is COC1(C2\C=C/C=C\C=C/C=C\2)OCCO1. The van der Waals surface area contributed by atoms with Gasteiger partial charge in [-0.1, -0.05) is 48.6 Å². The van der Waals surface area contributed by atoms with Crippen molar-refractivity contribution in [2.75, 3.05) is 20.3 Å². The molecule has 1 fully saturated rings. The highest BCUT2D eigenvalue weighted by Gasteiger charge is 2.42. The fourth-order valence-corrected chi connectivity index (χ4v) is 1.78. The van der Waals surface area contributed by atoms with E-state index < -0.39 is 5.97 Å². The Morgan fingerprint density at radius 2 is 1.44 bits per heavy atom. The number of ether oxygens (including phenoxy) is 3. The first-order valence-corrected chi connectivity index (χ1v) is 5.39. The van der Waals surface area contributed by atoms with Gasteiger partial charge in [0, 0.05) is 7.11 Å². The Morgan fingerprint density at radius 1 is 0.938 bits per heavy atom. The van der Waals surface area contributed by atoms with Crippen molar-refractivity contribution >= 4 is 0 Å². The van der Waals surface area contributed by atoms with Crippen molar-refractivity contribution in [2.45, 2.75) is 5.97 Å². The molecule has 2 rings (SSSR count). The highest BCUT2D eigenvalue weighted by Crippen LogP contribution is 2.31. The zero-order chi connectivity index (χ0) is 11.3. The van der Waals surface area contributed by atoms with Crippen LogP contribution in [0.3, 0.4) is 0 Å². The molecule has 0 bridgehead atoms. The molecule has 0 amide bonds. The largest absolute Gasteiger partial charge is 0.330 e. The molecule has 0 spiro atoms. The van der Waals surface area contributed by atoms with Gasteiger partial charge in [0.1, 0.15) is 0 Å². The topological polar surface area (TPSA) is 27.7 Å². The molecule has 86 valence electrons. The van der Waals surface area contributed by atoms with E-state index in [0.717, 1.165) is 0 Å². The van der Waals surface area contributed by atoms with Crippen LogP contribution in [0.1, 0.15) is 0 Å². The first kappa shape index (κ1) is 11.3. The molecule has 1 aliphatic carbocycles. The maximum Gasteiger partial charge on any atom is 0.293 e. The van der Waals surface area contributed by atoms with E-state index in [4.69, 9.17) is 14.2 Å². The van der Waals surface area contributed by atoms with E-state index in [9.17, 15) is 0 Å². The number of hydrogen-bond donors (Lipinski definition) is 0. The van der Waals surface area contributed by atoms with Crippen molar-refractivity contribution in [2.24, 2.45) is 5.92 Å². The number of rotatable bonds is 2. The monoisotopic (exact) mass is 220 g/mol. The minimum Gasteiger partial charge on any atom is -0.330 e. The van der Waals surface area contributed by atoms with Gasteiger partial charge in [0.15, 0.2) is 0 Å². The molecule has 0 unspecified atom stereocenters. The molecule has 0 aromatic carbocycles. The lowest BCUT2D eigenvalue weighted by atomic mass is 10.1. The van der Waals surface area contributed by atoms with Gasteiger partial charge in [0.05, 0.1) is 19.1 Å². The van der Waals surface area contributed by atoms with Gasteiger partial charge in [-0.15, -0.1) is 0 Å². The molecule has 0 N–H and O–H groups in total. The van der Waals surface area contributed by atoms with Crippen LogP contribution < -0.4 is 0 Å². The lowest BCUT2D eigenvalue weighted by Gasteiger charge is -2.29. The molecule has 0 saturated carbocycles. The zero-order valence-electron chi connectivity index (χ0n) is 9.34. The van der Waals surface area contributed by atoms with Crippen LogP contribution in [0, 0.1) is 5.92 Å². The van der Waals surface area contributed by atoms with E-state index in [1.54, 1.807) is 7.11 Å². The molecule has 3 nitrogen and oxygen atoms in total. The fraction of sp³-hybridized carbons (Fsp3) is 0.385. The van der Waals surface area contributed by atoms with E-state index in [1.807, 2.05) is 48.6 Å². The number of hydrogen-bond acceptors (Lipinski definition) is 3. The molecule has 0 atom stereocenters. The van der Waals surface area contributed by atoms with Crippen molar-refractivity contribution in [1.29, 1.82) is 0 Å². The van der Waals surface area contributed by atoms with Crippen LogP contribution in [-0.2, 0) is 14.2 Å². The second-order valence-electron chi connectivity index (χ2n) is 3.57. The third-order valence-electron chi connectivity index (χ3n) is 2.58. The van der Waals surface area contributed by atoms with Crippen LogP contribution >= 0.6 is 0 Å². The fourth-order valence-electron chi connectivity index (χ4n) is 1.78. The Morgan fingerprint density at radius 3 is 1.94 bits per heavy atom. The summed E-state index contributed by atoms with van der Waals surface area (Å²) in [6, 6.07) is 0. The summed E-state index contributed by atoms with van der Waals surface area (Å²) in [4.78, 5) is 0. The first-order valence-electron chi connectivity index (χ1n) is 5.39. The van der Waals surface area contributed by atoms with Gasteiger partial charge in [-0.3, -0.25) is 0 Å². The molecule has 3 heteroatoms. The predicted molar refractivity (Wildman–Crippen MR) is 61.7 cm³/mol. The maximum atomic E-state index is 5.57. The van der Waals surface area contributed by atoms with Gasteiger partial charge in [-0.2, -0.15) is 0 Å². The van der Waals surface area contributed by atoms with Gasteiger partial charge in [0.2, 0.25) is 0 Å². The highest BCUT2D eigenvalue weighted by molar-refractivity contribution is 5.21. The summed E-state index contributed by atoms with van der Waals surface area (Å²) in [7, 11) is 1.60. The second kappa shape index (κ2) is 5.25. The minimum atomic E-state index is -0.959. The summed E-state index contributed by atoms with van der Waals surface area (Å²) in [5.41, 5.74) is 0. The summed E-state index contributed by atoms with van der Waals surface area (Å²) >= 11 is 0. The van der Waals surface area contributed by atoms with Gasteiger partial charge in [0.25, 0.3) is 5.97 Å². The van der Waals surface area contributed by atoms with Gasteiger partial charge in [-0.25, -0.2) is 0 Å². The van der Waals surface area contributed by atoms with E-state index in [2.05, 4.69) is 0 Å². The average Bonchev–Trinajstić information content (AvgIpc) is 2.83. The third kappa shape index (κ3) is 2.32. The van der Waals surface area contributed by atoms with Crippen molar-refractivity contribution in [3.05, 3.63) is 48.6 Å². The van der Waals surface area contributed by atoms with Crippen molar-refractivity contribution in [3.8, 4) is 0 Å². The Hall–Kier alpha value is -1.16. The van der Waals surface area contributed by atoms with Crippen LogP contribution in [0.25, 0.3) is 0 Å². The summed E-state index contributed by atoms with van der Waals surface area (Å²) < 4.78 is 16.5. The summed E-state index contributed by atoms with van der Waals surface area (Å²) in [6.45, 7) is 1.13. The molecule has 1 aliphatic heterocycles. The lowest BCUT2D eigenvalue weighted by Crippen LogP contribution is -2.39. The smallest absolute Gasteiger partial charge is 0.293 e. The Bertz CT molecular complexity index is 311. The van der Waals surface area contributed by atoms with Crippen LogP contribution in [0.5, 0.6) is 0 Å². The quantitative estimate of drug-likeness (QED) is 0.714. The Balaban J connectivity index is 2.22. The first-order chi connectivity index (χ1) is 7.87. The van der Waals surface area contributed by atoms with E-state index in [-0.39, 0.29) is 5.92 Å². The standard InChI is InChI=1S/C13H16O3/c1-14-13(15-10-11-16-13)12-8-6-4-2-3-5-7-9-12/h2-9,12H,10-11H2,1H3/b4-2-,5-3-,8-6-,9-7-. The highest BCUT2D eigenvalue weighted by atomic mass is 16.9. The predicted octanol–water partition coefficient (Wildman–Crippen LogP) is 2.19. The van der Waals surface area contributed by atoms with Crippen LogP contribution in [0.15, 0.2) is 48.6 Å². The molecular weight excluding hydrogens is 204 g/mol. The molecule has 0 aromatic heterocycles. The van der Waals surface area contributed by atoms with Crippen molar-refractivity contribution in [1.82, 2.24) is 0 Å². The van der Waals surface area contributed by atoms with E-state index in [1.165, 1.54) is 0 Å². The number of methoxy groups -OCH3 is 1. The second-order valence-corrected chi connectivity index (χ2v) is 3.57. The Labute approximate surface area is 95.7 Å². The minimum absolute atomic E-state index is 0.0487. The van der Waals surface area contributed by atoms with Crippen molar-refractivity contribution < 1.29 is 14.2 Å². The van der Waals surface area contributed by atoms with Gasteiger partial charge in [-0.05, 0) is 0 Å². The third-order valence-corrected chi connectivity index (χ3v) is 2.58. The normalized spacial score (nSPS) is 32.3. The summed E-state index contributed by atoms with van der Waals surface area (Å²) in [5, 5.41) is 0. The van der Waals surface area contributed by atoms with E-state index >= 15 is 0 Å². The lowest BCUT2D eigenvalue weighted by molar-refractivity contribution is -0.333. The zero-order valence-corrected chi connectivity index (χ0v) is 9.34. The number of allylic oxidation sites excluding steroid dienone is 6. The van der Waals surface area contributed by atoms with E-state index in [0.29, 0.717) is 13.2 Å². The molecule has 1 heterocycles.